The van der Waals surface area contributed by atoms with E-state index in [2.05, 4.69) is 10.7 Å². The van der Waals surface area contributed by atoms with Crippen LogP contribution < -0.4 is 45.9 Å². The third-order valence-corrected chi connectivity index (χ3v) is 5.87. The topological polar surface area (TPSA) is 539 Å². The predicted octanol–water partition coefficient (Wildman–Crippen LogP) is -3.98. The van der Waals surface area contributed by atoms with Gasteiger partial charge in [0.15, 0.2) is 5.96 Å². The third kappa shape index (κ3) is 45.9. The lowest BCUT2D eigenvalue weighted by molar-refractivity contribution is -0.144. The molecule has 0 fully saturated rings. The highest BCUT2D eigenvalue weighted by molar-refractivity contribution is 5.80. The van der Waals surface area contributed by atoms with E-state index in [9.17, 15) is 38.4 Å². The number of aromatic hydroxyl groups is 1. The monoisotopic (exact) mass is 827 g/mol. The normalized spacial score (nSPS) is 12.2. The van der Waals surface area contributed by atoms with Gasteiger partial charge in [0.2, 0.25) is 0 Å². The third-order valence-electron chi connectivity index (χ3n) is 5.87. The zero-order valence-electron chi connectivity index (χ0n) is 31.3. The summed E-state index contributed by atoms with van der Waals surface area (Å²) in [5, 5.41) is 74.0. The number of phenols is 1. The number of nitrogens with two attached hydrogens (primary N) is 8. The minimum Gasteiger partial charge on any atom is -0.508 e. The van der Waals surface area contributed by atoms with Crippen LogP contribution in [0.1, 0.15) is 51.5 Å². The van der Waals surface area contributed by atoms with Gasteiger partial charge >= 0.3 is 47.8 Å². The maximum Gasteiger partial charge on any atom is 0.321 e. The Kier molecular flexibility index (Phi) is 37.4. The number of guanidine groups is 1. The van der Waals surface area contributed by atoms with E-state index >= 15 is 0 Å². The summed E-state index contributed by atoms with van der Waals surface area (Å²) in [6.07, 6.45) is 0.473. The van der Waals surface area contributed by atoms with Crippen molar-refractivity contribution in [3.63, 3.8) is 0 Å². The van der Waals surface area contributed by atoms with Crippen LogP contribution in [0.25, 0.3) is 0 Å². The molecule has 57 heavy (non-hydrogen) atoms. The predicted molar refractivity (Wildman–Crippen MR) is 200 cm³/mol. The number of nitrogens with zero attached hydrogens (tertiary/aromatic N) is 1. The first kappa shape index (κ1) is 60.1. The summed E-state index contributed by atoms with van der Waals surface area (Å²) in [7, 11) is 0. The maximum absolute atomic E-state index is 10.4. The largest absolute Gasteiger partial charge is 0.508 e. The average molecular weight is 828 g/mol. The van der Waals surface area contributed by atoms with Crippen LogP contribution in [-0.2, 0) is 44.8 Å². The first-order chi connectivity index (χ1) is 26.0. The fourth-order valence-electron chi connectivity index (χ4n) is 2.58. The smallest absolute Gasteiger partial charge is 0.321 e. The number of aliphatic imine (C=N–C) groups is 1. The van der Waals surface area contributed by atoms with Crippen LogP contribution >= 0.6 is 0 Å². The molecule has 0 amide bonds. The van der Waals surface area contributed by atoms with E-state index in [1.807, 2.05) is 0 Å². The Bertz CT molecular complexity index is 1390. The number of aliphatic carboxylic acids is 8. The molecule has 0 bridgehead atoms. The number of hydrogen-bond donors (Lipinski definition) is 17. The Balaban J connectivity index is -0.000000194. The molecule has 0 aliphatic heterocycles. The highest BCUT2D eigenvalue weighted by Gasteiger charge is 2.16. The molecule has 26 nitrogen and oxygen atoms in total. The molecule has 0 aliphatic carbocycles. The van der Waals surface area contributed by atoms with Crippen LogP contribution in [0.4, 0.5) is 0 Å². The van der Waals surface area contributed by atoms with Crippen molar-refractivity contribution in [2.45, 2.75) is 82.6 Å². The van der Waals surface area contributed by atoms with Gasteiger partial charge in [0.1, 0.15) is 36.0 Å². The van der Waals surface area contributed by atoms with Gasteiger partial charge in [-0.1, -0.05) is 26.0 Å². The van der Waals surface area contributed by atoms with Gasteiger partial charge in [-0.15, -0.1) is 0 Å². The molecule has 0 heterocycles. The first-order valence-electron chi connectivity index (χ1n) is 16.1. The second-order valence-corrected chi connectivity index (χ2v) is 11.3. The van der Waals surface area contributed by atoms with Crippen molar-refractivity contribution >= 4 is 53.7 Å². The Labute approximate surface area is 326 Å². The lowest BCUT2D eigenvalue weighted by Crippen LogP contribution is -2.34. The van der Waals surface area contributed by atoms with Crippen molar-refractivity contribution in [2.24, 2.45) is 56.8 Å². The average Bonchev–Trinajstić information content (AvgIpc) is 3.10. The van der Waals surface area contributed by atoms with Gasteiger partial charge < -0.3 is 91.8 Å². The Morgan fingerprint density at radius 3 is 1.26 bits per heavy atom. The minimum atomic E-state index is -1.29. The zero-order valence-corrected chi connectivity index (χ0v) is 31.3. The molecule has 328 valence electrons. The van der Waals surface area contributed by atoms with Gasteiger partial charge in [-0.05, 0) is 49.3 Å². The van der Waals surface area contributed by atoms with E-state index in [0.717, 1.165) is 5.56 Å². The van der Waals surface area contributed by atoms with Gasteiger partial charge in [0.25, 0.3) is 0 Å². The Hall–Kier alpha value is -6.19. The molecule has 5 atom stereocenters. The molecule has 25 N–H and O–H groups in total. The van der Waals surface area contributed by atoms with Crippen LogP contribution in [0.3, 0.4) is 0 Å². The molecule has 26 heteroatoms. The number of hydrogen-bond acceptors (Lipinski definition) is 16. The van der Waals surface area contributed by atoms with Crippen LogP contribution in [0, 0.1) is 5.92 Å². The number of rotatable bonds is 18. The molecule has 0 aromatic heterocycles. The van der Waals surface area contributed by atoms with Gasteiger partial charge in [-0.3, -0.25) is 43.3 Å². The summed E-state index contributed by atoms with van der Waals surface area (Å²) >= 11 is 0. The van der Waals surface area contributed by atoms with Crippen molar-refractivity contribution in [1.82, 2.24) is 0 Å². The molecule has 0 saturated carbocycles. The second-order valence-electron chi connectivity index (χ2n) is 11.3. The standard InChI is InChI=1S/C9H11NO3.C6H14N4O2.C5H9NO4.C5H11NO2.C4H7NO4.C2H5NO2/c10-8(9(12)13)5-6-1-3-7(11)4-2-6;7-4(5(11)12)2-1-3-10-6(8)9;6-3(5(9)10)1-2-4(7)8;1-3(2)4(6)5(7)8;5-2(4(8)9)1-3(6)7;3-1-2(4)5/h1-4,8,11H,5,10H2,(H,12,13);4H,1-3,7H2,(H,11,12)(H4,8,9,10);3H,1-2,6H2,(H,7,8)(H,9,10);3-4H,6H2,1-2H3,(H,7,8);2H,1,5H2,(H,6,7)(H,8,9);1,3H2,(H,4,5)/t8-;4-;3-;4-;2-;/m00000./s1. The first-order valence-corrected chi connectivity index (χ1v) is 16.1. The van der Waals surface area contributed by atoms with Crippen molar-refractivity contribution < 1.29 is 84.3 Å². The lowest BCUT2D eigenvalue weighted by atomic mass is 10.1. The van der Waals surface area contributed by atoms with Gasteiger partial charge in [0, 0.05) is 13.0 Å². The Morgan fingerprint density at radius 2 is 1.00 bits per heavy atom. The molecule has 0 unspecified atom stereocenters. The van der Waals surface area contributed by atoms with Gasteiger partial charge in [-0.25, -0.2) is 0 Å². The van der Waals surface area contributed by atoms with E-state index < -0.39 is 84.4 Å². The van der Waals surface area contributed by atoms with Crippen LogP contribution in [0.5, 0.6) is 5.75 Å². The fourth-order valence-corrected chi connectivity index (χ4v) is 2.58. The second kappa shape index (κ2) is 35.5. The SMILES string of the molecule is CC(C)[C@H](N)C(=O)O.NC(N)=NCCC[C@H](N)C(=O)O.NCC(=O)O.N[C@@H](CC(=O)O)C(=O)O.N[C@@H](CCC(=O)O)C(=O)O.N[C@@H](Cc1ccc(O)cc1)C(=O)O. The maximum atomic E-state index is 10.4. The molecule has 0 saturated heterocycles. The molecular weight excluding hydrogens is 770 g/mol. The van der Waals surface area contributed by atoms with Crippen molar-refractivity contribution in [3.8, 4) is 5.75 Å². The van der Waals surface area contributed by atoms with Gasteiger partial charge in [0.05, 0.1) is 13.0 Å². The number of phenolic OH excluding ortho intramolecular Hbond substituents is 1. The molecule has 0 radical (unpaired) electrons. The zero-order chi connectivity index (χ0) is 46.0. The summed E-state index contributed by atoms with van der Waals surface area (Å²) in [5.41, 5.74) is 41.0. The summed E-state index contributed by atoms with van der Waals surface area (Å²) in [6.45, 7) is 3.70. The number of carboxylic acid groups (broad SMARTS) is 8. The molecule has 1 aromatic carbocycles. The van der Waals surface area contributed by atoms with E-state index in [1.165, 1.54) is 12.1 Å². The van der Waals surface area contributed by atoms with E-state index in [0.29, 0.717) is 19.4 Å². The summed E-state index contributed by atoms with van der Waals surface area (Å²) in [5.74, 6) is -8.42. The van der Waals surface area contributed by atoms with Crippen molar-refractivity contribution in [1.29, 1.82) is 0 Å². The number of carbonyl (C=O) groups is 8. The highest BCUT2D eigenvalue weighted by Crippen LogP contribution is 2.10. The fraction of sp³-hybridized carbons (Fsp3) is 0.516. The van der Waals surface area contributed by atoms with E-state index in [1.54, 1.807) is 26.0 Å². The van der Waals surface area contributed by atoms with Gasteiger partial charge in [-0.2, -0.15) is 0 Å². The highest BCUT2D eigenvalue weighted by atomic mass is 16.4. The molecular formula is C31H57N9O17. The van der Waals surface area contributed by atoms with Crippen molar-refractivity contribution in [2.75, 3.05) is 13.1 Å². The molecule has 0 spiro atoms. The van der Waals surface area contributed by atoms with Crippen LogP contribution in [-0.4, -0.2) is 143 Å². The number of benzene rings is 1. The lowest BCUT2D eigenvalue weighted by Gasteiger charge is -2.07. The van der Waals surface area contributed by atoms with Crippen LogP contribution in [0.15, 0.2) is 29.3 Å². The van der Waals surface area contributed by atoms with E-state index in [-0.39, 0.29) is 43.4 Å². The summed E-state index contributed by atoms with van der Waals surface area (Å²) in [4.78, 5) is 83.0. The van der Waals surface area contributed by atoms with E-state index in [4.69, 9.17) is 86.1 Å². The summed E-state index contributed by atoms with van der Waals surface area (Å²) in [6, 6.07) is 1.54. The molecule has 0 aliphatic rings. The van der Waals surface area contributed by atoms with Crippen molar-refractivity contribution in [3.05, 3.63) is 29.8 Å². The molecule has 1 aromatic rings. The summed E-state index contributed by atoms with van der Waals surface area (Å²) < 4.78 is 0. The minimum absolute atomic E-state index is 0.0129. The molecule has 1 rings (SSSR count). The van der Waals surface area contributed by atoms with Crippen LogP contribution in [0.2, 0.25) is 0 Å². The number of carboxylic acids is 8. The quantitative estimate of drug-likeness (QED) is 0.0381. The Morgan fingerprint density at radius 1 is 0.596 bits per heavy atom.